The SMILES string of the molecule is CC(C)(C)C[C@@H](CO)NC(=O)[C@@H]1C[C@H]2C[C@H]2N1C(=O)Cn1nc(C(=O)O)c2ccccc21. The number of aliphatic hydroxyl groups is 1. The average Bonchev–Trinajstić information content (AvgIpc) is 3.22. The van der Waals surface area contributed by atoms with Gasteiger partial charge in [0.05, 0.1) is 18.2 Å². The van der Waals surface area contributed by atoms with E-state index in [4.69, 9.17) is 0 Å². The maximum absolute atomic E-state index is 13.3. The molecule has 1 aromatic carbocycles. The van der Waals surface area contributed by atoms with Crippen molar-refractivity contribution in [3.8, 4) is 0 Å². The highest BCUT2D eigenvalue weighted by Crippen LogP contribution is 2.48. The number of hydrogen-bond acceptors (Lipinski definition) is 5. The highest BCUT2D eigenvalue weighted by Gasteiger charge is 2.56. The molecule has 0 spiro atoms. The monoisotopic (exact) mass is 442 g/mol. The van der Waals surface area contributed by atoms with E-state index < -0.39 is 12.0 Å². The molecular formula is C23H30N4O5. The molecule has 172 valence electrons. The number of benzene rings is 1. The average molecular weight is 443 g/mol. The summed E-state index contributed by atoms with van der Waals surface area (Å²) in [6.07, 6.45) is 2.11. The first kappa shape index (κ1) is 22.3. The van der Waals surface area contributed by atoms with Gasteiger partial charge in [-0.05, 0) is 36.7 Å². The minimum Gasteiger partial charge on any atom is -0.476 e. The Balaban J connectivity index is 1.51. The van der Waals surface area contributed by atoms with Gasteiger partial charge in [-0.25, -0.2) is 4.79 Å². The number of hydrogen-bond donors (Lipinski definition) is 3. The molecule has 0 unspecified atom stereocenters. The van der Waals surface area contributed by atoms with Crippen LogP contribution >= 0.6 is 0 Å². The summed E-state index contributed by atoms with van der Waals surface area (Å²) in [7, 11) is 0. The van der Waals surface area contributed by atoms with E-state index >= 15 is 0 Å². The van der Waals surface area contributed by atoms with E-state index in [-0.39, 0.29) is 48.2 Å². The predicted octanol–water partition coefficient (Wildman–Crippen LogP) is 1.64. The molecule has 32 heavy (non-hydrogen) atoms. The van der Waals surface area contributed by atoms with Crippen LogP contribution in [0.15, 0.2) is 24.3 Å². The quantitative estimate of drug-likeness (QED) is 0.599. The summed E-state index contributed by atoms with van der Waals surface area (Å²) >= 11 is 0. The van der Waals surface area contributed by atoms with Crippen LogP contribution in [0.3, 0.4) is 0 Å². The van der Waals surface area contributed by atoms with Gasteiger partial charge in [0.2, 0.25) is 11.8 Å². The van der Waals surface area contributed by atoms with Crippen LogP contribution in [0.25, 0.3) is 10.9 Å². The lowest BCUT2D eigenvalue weighted by atomic mass is 9.88. The fourth-order valence-corrected chi connectivity index (χ4v) is 4.86. The molecule has 4 rings (SSSR count). The zero-order chi connectivity index (χ0) is 23.2. The zero-order valence-corrected chi connectivity index (χ0v) is 18.6. The molecule has 1 saturated heterocycles. The van der Waals surface area contributed by atoms with Crippen molar-refractivity contribution < 1.29 is 24.6 Å². The van der Waals surface area contributed by atoms with Gasteiger partial charge in [-0.2, -0.15) is 5.10 Å². The molecular weight excluding hydrogens is 412 g/mol. The van der Waals surface area contributed by atoms with E-state index in [1.165, 1.54) is 4.68 Å². The predicted molar refractivity (Wildman–Crippen MR) is 117 cm³/mol. The topological polar surface area (TPSA) is 125 Å². The zero-order valence-electron chi connectivity index (χ0n) is 18.6. The number of aromatic carboxylic acids is 1. The maximum Gasteiger partial charge on any atom is 0.357 e. The number of amides is 2. The fraction of sp³-hybridized carbons (Fsp3) is 0.565. The lowest BCUT2D eigenvalue weighted by molar-refractivity contribution is -0.140. The minimum atomic E-state index is -1.15. The Labute approximate surface area is 186 Å². The lowest BCUT2D eigenvalue weighted by Crippen LogP contribution is -2.52. The molecule has 2 aromatic rings. The van der Waals surface area contributed by atoms with Crippen LogP contribution in [0.4, 0.5) is 0 Å². The van der Waals surface area contributed by atoms with Gasteiger partial charge in [0, 0.05) is 11.4 Å². The maximum atomic E-state index is 13.3. The second kappa shape index (κ2) is 8.20. The smallest absolute Gasteiger partial charge is 0.357 e. The summed E-state index contributed by atoms with van der Waals surface area (Å²) in [4.78, 5) is 39.5. The first-order chi connectivity index (χ1) is 15.1. The van der Waals surface area contributed by atoms with Crippen LogP contribution in [0.1, 0.15) is 50.5 Å². The summed E-state index contributed by atoms with van der Waals surface area (Å²) < 4.78 is 1.40. The number of aromatic nitrogens is 2. The molecule has 1 aliphatic heterocycles. The number of likely N-dealkylation sites (tertiary alicyclic amines) is 1. The molecule has 2 fully saturated rings. The molecule has 4 atom stereocenters. The van der Waals surface area contributed by atoms with E-state index in [0.29, 0.717) is 29.7 Å². The van der Waals surface area contributed by atoms with Crippen molar-refractivity contribution in [1.82, 2.24) is 20.0 Å². The van der Waals surface area contributed by atoms with Gasteiger partial charge < -0.3 is 20.4 Å². The van der Waals surface area contributed by atoms with Crippen LogP contribution in [-0.4, -0.2) is 67.4 Å². The summed E-state index contributed by atoms with van der Waals surface area (Å²) in [6.45, 7) is 5.84. The van der Waals surface area contributed by atoms with Gasteiger partial charge in [-0.3, -0.25) is 14.3 Å². The number of piperidine rings is 1. The number of fused-ring (bicyclic) bond motifs is 2. The highest BCUT2D eigenvalue weighted by atomic mass is 16.4. The standard InChI is InChI=1S/C23H30N4O5/c1-23(2,3)10-14(12-28)24-21(30)18-9-13-8-17(13)27(18)19(29)11-26-16-7-5-4-6-15(16)20(25-26)22(31)32/h4-7,13-14,17-18,28H,8-12H2,1-3H3,(H,24,30)(H,31,32)/t13-,14+,17-,18+/m1/s1. The molecule has 2 heterocycles. The highest BCUT2D eigenvalue weighted by molar-refractivity contribution is 6.01. The van der Waals surface area contributed by atoms with Gasteiger partial charge in [-0.1, -0.05) is 39.0 Å². The normalized spacial score (nSPS) is 23.1. The number of carboxylic acid groups (broad SMARTS) is 1. The largest absolute Gasteiger partial charge is 0.476 e. The first-order valence-corrected chi connectivity index (χ1v) is 11.0. The van der Waals surface area contributed by atoms with Gasteiger partial charge >= 0.3 is 5.97 Å². The summed E-state index contributed by atoms with van der Waals surface area (Å²) in [5, 5.41) is 26.7. The molecule has 1 aliphatic carbocycles. The van der Waals surface area contributed by atoms with Crippen molar-refractivity contribution in [2.75, 3.05) is 6.61 Å². The third-order valence-corrected chi connectivity index (χ3v) is 6.27. The number of nitrogens with one attached hydrogen (secondary N) is 1. The van der Waals surface area contributed by atoms with E-state index in [0.717, 1.165) is 6.42 Å². The number of para-hydroxylation sites is 1. The van der Waals surface area contributed by atoms with Crippen molar-refractivity contribution in [2.45, 2.75) is 64.7 Å². The van der Waals surface area contributed by atoms with E-state index in [2.05, 4.69) is 10.4 Å². The second-order valence-corrected chi connectivity index (χ2v) is 10.1. The van der Waals surface area contributed by atoms with Crippen molar-refractivity contribution >= 4 is 28.7 Å². The third kappa shape index (κ3) is 4.34. The van der Waals surface area contributed by atoms with Gasteiger partial charge in [0.25, 0.3) is 0 Å². The molecule has 9 nitrogen and oxygen atoms in total. The van der Waals surface area contributed by atoms with Crippen molar-refractivity contribution in [1.29, 1.82) is 0 Å². The van der Waals surface area contributed by atoms with Crippen molar-refractivity contribution in [3.05, 3.63) is 30.0 Å². The molecule has 1 aromatic heterocycles. The lowest BCUT2D eigenvalue weighted by Gasteiger charge is -2.30. The van der Waals surface area contributed by atoms with Crippen LogP contribution in [0, 0.1) is 11.3 Å². The summed E-state index contributed by atoms with van der Waals surface area (Å²) in [5.41, 5.74) is 0.412. The number of carboxylic acids is 1. The number of carbonyl (C=O) groups excluding carboxylic acids is 2. The Morgan fingerprint density at radius 1 is 1.22 bits per heavy atom. The summed E-state index contributed by atoms with van der Waals surface area (Å²) in [6, 6.07) is 5.98. The number of nitrogens with zero attached hydrogens (tertiary/aromatic N) is 3. The van der Waals surface area contributed by atoms with Crippen LogP contribution in [0.5, 0.6) is 0 Å². The van der Waals surface area contributed by atoms with Gasteiger partial charge in [-0.15, -0.1) is 0 Å². The summed E-state index contributed by atoms with van der Waals surface area (Å²) in [5.74, 6) is -1.34. The Bertz CT molecular complexity index is 1060. The Hall–Kier alpha value is -2.94. The Kier molecular flexibility index (Phi) is 5.70. The first-order valence-electron chi connectivity index (χ1n) is 11.0. The molecule has 1 saturated carbocycles. The van der Waals surface area contributed by atoms with Crippen LogP contribution in [0.2, 0.25) is 0 Å². The fourth-order valence-electron chi connectivity index (χ4n) is 4.86. The molecule has 2 aliphatic rings. The van der Waals surface area contributed by atoms with E-state index in [1.807, 2.05) is 20.8 Å². The van der Waals surface area contributed by atoms with E-state index in [9.17, 15) is 24.6 Å². The van der Waals surface area contributed by atoms with Gasteiger partial charge in [0.15, 0.2) is 5.69 Å². The number of carbonyl (C=O) groups is 3. The van der Waals surface area contributed by atoms with Crippen LogP contribution in [-0.2, 0) is 16.1 Å². The van der Waals surface area contributed by atoms with Gasteiger partial charge in [0.1, 0.15) is 12.6 Å². The third-order valence-electron chi connectivity index (χ3n) is 6.27. The molecule has 9 heteroatoms. The minimum absolute atomic E-state index is 0.0363. The van der Waals surface area contributed by atoms with E-state index in [1.54, 1.807) is 29.2 Å². The Morgan fingerprint density at radius 3 is 2.59 bits per heavy atom. The molecule has 3 N–H and O–H groups in total. The molecule has 0 radical (unpaired) electrons. The van der Waals surface area contributed by atoms with Crippen molar-refractivity contribution in [3.63, 3.8) is 0 Å². The molecule has 0 bridgehead atoms. The number of rotatable bonds is 7. The van der Waals surface area contributed by atoms with Crippen LogP contribution < -0.4 is 5.32 Å². The molecule has 2 amide bonds. The number of aliphatic hydroxyl groups excluding tert-OH is 1. The second-order valence-electron chi connectivity index (χ2n) is 10.1. The Morgan fingerprint density at radius 2 is 1.94 bits per heavy atom. The van der Waals surface area contributed by atoms with Crippen molar-refractivity contribution in [2.24, 2.45) is 11.3 Å².